The summed E-state index contributed by atoms with van der Waals surface area (Å²) in [5.74, 6) is 1.03. The number of fused-ring (bicyclic) bond motifs is 1. The number of amidine groups is 2. The Morgan fingerprint density at radius 1 is 1.22 bits per heavy atom. The summed E-state index contributed by atoms with van der Waals surface area (Å²) in [6, 6.07) is 9.43. The lowest BCUT2D eigenvalue weighted by atomic mass is 10.1. The van der Waals surface area contributed by atoms with Gasteiger partial charge in [-0.2, -0.15) is 0 Å². The van der Waals surface area contributed by atoms with E-state index >= 15 is 0 Å². The Bertz CT molecular complexity index is 832. The van der Waals surface area contributed by atoms with Crippen molar-refractivity contribution in [1.29, 1.82) is 0 Å². The number of rotatable bonds is 6. The molecular formula is C20H25N4O2S+. The van der Waals surface area contributed by atoms with Crippen LogP contribution in [-0.4, -0.2) is 69.8 Å². The highest BCUT2D eigenvalue weighted by Gasteiger charge is 2.52. The molecule has 2 aliphatic heterocycles. The zero-order chi connectivity index (χ0) is 19.6. The van der Waals surface area contributed by atoms with Crippen LogP contribution in [0.2, 0.25) is 0 Å². The molecule has 3 amide bonds. The first-order valence-corrected chi connectivity index (χ1v) is 9.97. The lowest BCUT2D eigenvalue weighted by Gasteiger charge is -2.30. The van der Waals surface area contributed by atoms with Crippen molar-refractivity contribution in [3.05, 3.63) is 48.0 Å². The third-order valence-corrected chi connectivity index (χ3v) is 5.87. The number of aliphatic imine (C=N–C) groups is 1. The highest BCUT2D eigenvalue weighted by molar-refractivity contribution is 8.13. The number of likely N-dealkylation sites (N-methyl/N-ethyl adjacent to an activating group) is 2. The summed E-state index contributed by atoms with van der Waals surface area (Å²) in [5, 5.41) is 0.786. The number of hydrogen-bond acceptors (Lipinski definition) is 4. The molecule has 1 unspecified atom stereocenters. The average Bonchev–Trinajstić information content (AvgIpc) is 3.02. The van der Waals surface area contributed by atoms with E-state index in [2.05, 4.69) is 23.7 Å². The van der Waals surface area contributed by atoms with Crippen molar-refractivity contribution in [1.82, 2.24) is 9.80 Å². The molecule has 0 aliphatic carbocycles. The van der Waals surface area contributed by atoms with E-state index in [1.54, 1.807) is 18.8 Å². The number of thioether (sulfide) groups is 1. The van der Waals surface area contributed by atoms with E-state index in [-0.39, 0.29) is 11.9 Å². The van der Waals surface area contributed by atoms with Gasteiger partial charge in [0, 0.05) is 19.8 Å². The SMILES string of the molecule is C=C(C)CSC1=[N+](CCCc2ccccc2)C2C(=O)N(C)C(=O)N(C)C2=N1. The highest BCUT2D eigenvalue weighted by atomic mass is 32.2. The Morgan fingerprint density at radius 2 is 1.93 bits per heavy atom. The first-order chi connectivity index (χ1) is 12.9. The quantitative estimate of drug-likeness (QED) is 0.559. The minimum Gasteiger partial charge on any atom is -0.269 e. The molecule has 0 spiro atoms. The van der Waals surface area contributed by atoms with Crippen LogP contribution < -0.4 is 0 Å². The topological polar surface area (TPSA) is 56.0 Å². The van der Waals surface area contributed by atoms with Crippen molar-refractivity contribution in [3.8, 4) is 0 Å². The predicted octanol–water partition coefficient (Wildman–Crippen LogP) is 2.60. The number of hydrogen-bond donors (Lipinski definition) is 0. The predicted molar refractivity (Wildman–Crippen MR) is 109 cm³/mol. The van der Waals surface area contributed by atoms with Crippen LogP contribution in [0, 0.1) is 0 Å². The zero-order valence-electron chi connectivity index (χ0n) is 16.0. The van der Waals surface area contributed by atoms with E-state index in [0.29, 0.717) is 12.4 Å². The van der Waals surface area contributed by atoms with Gasteiger partial charge in [0.05, 0.1) is 6.54 Å². The molecular weight excluding hydrogens is 360 g/mol. The molecule has 6 nitrogen and oxygen atoms in total. The molecule has 0 saturated carbocycles. The van der Waals surface area contributed by atoms with E-state index in [1.165, 1.54) is 22.4 Å². The fraction of sp³-hybridized carbons (Fsp3) is 0.400. The normalized spacial score (nSPS) is 19.5. The standard InChI is InChI=1S/C20H25N4O2S/c1-14(2)13-27-19-21-17-16(18(25)23(4)20(26)22(17)3)24(19)12-8-11-15-9-6-5-7-10-15/h5-7,9-10,16H,1,8,11-13H2,2-4H3/q+1. The summed E-state index contributed by atoms with van der Waals surface area (Å²) < 4.78 is 2.04. The molecule has 2 aliphatic rings. The van der Waals surface area contributed by atoms with Crippen LogP contribution in [0.25, 0.3) is 0 Å². The Balaban J connectivity index is 1.82. The van der Waals surface area contributed by atoms with Gasteiger partial charge in [-0.15, -0.1) is 0 Å². The summed E-state index contributed by atoms with van der Waals surface area (Å²) in [6.45, 7) is 6.62. The molecule has 0 N–H and O–H groups in total. The summed E-state index contributed by atoms with van der Waals surface area (Å²) in [6.07, 6.45) is 1.83. The maximum atomic E-state index is 12.8. The molecule has 3 rings (SSSR count). The largest absolute Gasteiger partial charge is 0.358 e. The second-order valence-electron chi connectivity index (χ2n) is 6.92. The monoisotopic (exact) mass is 385 g/mol. The number of aryl methyl sites for hydroxylation is 1. The van der Waals surface area contributed by atoms with Crippen LogP contribution in [0.3, 0.4) is 0 Å². The fourth-order valence-electron chi connectivity index (χ4n) is 3.20. The van der Waals surface area contributed by atoms with Gasteiger partial charge in [0.1, 0.15) is 0 Å². The van der Waals surface area contributed by atoms with Gasteiger partial charge in [-0.3, -0.25) is 14.6 Å². The molecule has 0 radical (unpaired) electrons. The Kier molecular flexibility index (Phi) is 5.79. The van der Waals surface area contributed by atoms with Gasteiger partial charge in [-0.05, 0) is 42.1 Å². The Hall–Kier alpha value is -2.41. The van der Waals surface area contributed by atoms with Crippen LogP contribution in [0.4, 0.5) is 4.79 Å². The van der Waals surface area contributed by atoms with Crippen LogP contribution >= 0.6 is 11.8 Å². The molecule has 0 aromatic heterocycles. The smallest absolute Gasteiger partial charge is 0.269 e. The van der Waals surface area contributed by atoms with Gasteiger partial charge in [0.2, 0.25) is 0 Å². The van der Waals surface area contributed by atoms with Crippen molar-refractivity contribution in [2.24, 2.45) is 4.99 Å². The van der Waals surface area contributed by atoms with E-state index in [0.717, 1.165) is 29.3 Å². The third-order valence-electron chi connectivity index (χ3n) is 4.65. The van der Waals surface area contributed by atoms with Crippen LogP contribution in [0.5, 0.6) is 0 Å². The molecule has 1 aromatic rings. The lowest BCUT2D eigenvalue weighted by molar-refractivity contribution is -0.533. The molecule has 0 bridgehead atoms. The van der Waals surface area contributed by atoms with Crippen LogP contribution in [0.1, 0.15) is 18.9 Å². The lowest BCUT2D eigenvalue weighted by Crippen LogP contribution is -2.61. The van der Waals surface area contributed by atoms with Gasteiger partial charge < -0.3 is 0 Å². The van der Waals surface area contributed by atoms with E-state index in [4.69, 9.17) is 0 Å². The van der Waals surface area contributed by atoms with Crippen LogP contribution in [0.15, 0.2) is 47.5 Å². The minimum atomic E-state index is -0.527. The molecule has 1 aromatic carbocycles. The van der Waals surface area contributed by atoms with Gasteiger partial charge >= 0.3 is 11.2 Å². The molecule has 7 heteroatoms. The van der Waals surface area contributed by atoms with Gasteiger partial charge in [-0.25, -0.2) is 9.37 Å². The summed E-state index contributed by atoms with van der Waals surface area (Å²) in [4.78, 5) is 32.4. The summed E-state index contributed by atoms with van der Waals surface area (Å²) in [7, 11) is 3.20. The zero-order valence-corrected chi connectivity index (χ0v) is 16.8. The number of nitrogens with zero attached hydrogens (tertiary/aromatic N) is 4. The fourth-order valence-corrected chi connectivity index (χ4v) is 4.10. The first kappa shape index (κ1) is 19.4. The molecule has 1 atom stereocenters. The number of carbonyl (C=O) groups is 2. The third kappa shape index (κ3) is 3.98. The first-order valence-electron chi connectivity index (χ1n) is 8.98. The van der Waals surface area contributed by atoms with Gasteiger partial charge in [-0.1, -0.05) is 42.5 Å². The number of benzene rings is 1. The second-order valence-corrected chi connectivity index (χ2v) is 7.86. The van der Waals surface area contributed by atoms with E-state index in [9.17, 15) is 9.59 Å². The number of urea groups is 1. The number of imide groups is 1. The number of amides is 3. The molecule has 1 fully saturated rings. The second kappa shape index (κ2) is 8.08. The molecule has 142 valence electrons. The highest BCUT2D eigenvalue weighted by Crippen LogP contribution is 2.24. The van der Waals surface area contributed by atoms with Crippen LogP contribution in [-0.2, 0) is 11.2 Å². The van der Waals surface area contributed by atoms with Gasteiger partial charge in [0.15, 0.2) is 0 Å². The summed E-state index contributed by atoms with van der Waals surface area (Å²) in [5.41, 5.74) is 2.31. The average molecular weight is 386 g/mol. The van der Waals surface area contributed by atoms with E-state index < -0.39 is 6.04 Å². The maximum absolute atomic E-state index is 12.8. The minimum absolute atomic E-state index is 0.220. The van der Waals surface area contributed by atoms with Crippen molar-refractivity contribution in [2.75, 3.05) is 26.4 Å². The Morgan fingerprint density at radius 3 is 2.59 bits per heavy atom. The summed E-state index contributed by atoms with van der Waals surface area (Å²) >= 11 is 1.57. The van der Waals surface area contributed by atoms with Crippen molar-refractivity contribution >= 4 is 34.7 Å². The maximum Gasteiger partial charge on any atom is 0.358 e. The van der Waals surface area contributed by atoms with Crippen molar-refractivity contribution in [2.45, 2.75) is 25.8 Å². The van der Waals surface area contributed by atoms with E-state index in [1.807, 2.05) is 29.7 Å². The molecule has 1 saturated heterocycles. The molecule has 27 heavy (non-hydrogen) atoms. The molecule has 2 heterocycles. The Labute approximate surface area is 164 Å². The van der Waals surface area contributed by atoms with Gasteiger partial charge in [0.25, 0.3) is 17.8 Å². The number of carbonyl (C=O) groups excluding carboxylic acids is 2. The van der Waals surface area contributed by atoms with Crippen molar-refractivity contribution in [3.63, 3.8) is 0 Å². The van der Waals surface area contributed by atoms with Crippen molar-refractivity contribution < 1.29 is 14.2 Å².